The minimum Gasteiger partial charge on any atom is -0.356 e. The first-order chi connectivity index (χ1) is 8.21. The normalized spacial score (nSPS) is 13.5. The van der Waals surface area contributed by atoms with Gasteiger partial charge in [0.25, 0.3) is 0 Å². The minimum atomic E-state index is -0.186. The van der Waals surface area contributed by atoms with Crippen LogP contribution in [-0.4, -0.2) is 45.0 Å². The van der Waals surface area contributed by atoms with Gasteiger partial charge >= 0.3 is 0 Å². The molecule has 1 heterocycles. The SMILES string of the molecule is COC(CC(CN)N(C)Cc1cccs1)OC. The molecule has 0 amide bonds. The van der Waals surface area contributed by atoms with Crippen molar-refractivity contribution in [2.24, 2.45) is 5.73 Å². The maximum atomic E-state index is 5.81. The molecule has 5 heteroatoms. The highest BCUT2D eigenvalue weighted by Crippen LogP contribution is 2.15. The van der Waals surface area contributed by atoms with Crippen molar-refractivity contribution in [1.29, 1.82) is 0 Å². The highest BCUT2D eigenvalue weighted by atomic mass is 32.1. The molecule has 0 aromatic carbocycles. The fraction of sp³-hybridized carbons (Fsp3) is 0.667. The lowest BCUT2D eigenvalue weighted by Gasteiger charge is -2.28. The summed E-state index contributed by atoms with van der Waals surface area (Å²) >= 11 is 1.76. The smallest absolute Gasteiger partial charge is 0.158 e. The number of nitrogens with zero attached hydrogens (tertiary/aromatic N) is 1. The number of likely N-dealkylation sites (N-methyl/N-ethyl adjacent to an activating group) is 1. The number of thiophene rings is 1. The lowest BCUT2D eigenvalue weighted by Crippen LogP contribution is -2.40. The molecule has 0 bridgehead atoms. The van der Waals surface area contributed by atoms with Gasteiger partial charge in [-0.15, -0.1) is 11.3 Å². The zero-order valence-corrected chi connectivity index (χ0v) is 11.6. The molecule has 0 spiro atoms. The Morgan fingerprint density at radius 1 is 1.41 bits per heavy atom. The number of ether oxygens (including phenoxy) is 2. The first kappa shape index (κ1) is 14.6. The lowest BCUT2D eigenvalue weighted by molar-refractivity contribution is -0.115. The number of methoxy groups -OCH3 is 2. The largest absolute Gasteiger partial charge is 0.356 e. The Hall–Kier alpha value is -0.460. The zero-order valence-electron chi connectivity index (χ0n) is 10.8. The van der Waals surface area contributed by atoms with E-state index in [2.05, 4.69) is 29.5 Å². The second-order valence-corrected chi connectivity index (χ2v) is 5.05. The average Bonchev–Trinajstić information content (AvgIpc) is 2.83. The molecule has 0 aliphatic rings. The van der Waals surface area contributed by atoms with Gasteiger partial charge < -0.3 is 15.2 Å². The van der Waals surface area contributed by atoms with Gasteiger partial charge in [0.15, 0.2) is 6.29 Å². The molecule has 1 atom stereocenters. The standard InChI is InChI=1S/C12H22N2O2S/c1-14(9-11-5-4-6-17-11)10(8-13)7-12(15-2)16-3/h4-6,10,12H,7-9,13H2,1-3H3. The van der Waals surface area contributed by atoms with Crippen LogP contribution in [0.5, 0.6) is 0 Å². The molecule has 17 heavy (non-hydrogen) atoms. The number of rotatable bonds is 8. The van der Waals surface area contributed by atoms with E-state index in [4.69, 9.17) is 15.2 Å². The summed E-state index contributed by atoms with van der Waals surface area (Å²) in [6.45, 7) is 1.52. The molecule has 0 aliphatic heterocycles. The first-order valence-electron chi connectivity index (χ1n) is 5.69. The van der Waals surface area contributed by atoms with Crippen LogP contribution in [0.1, 0.15) is 11.3 Å². The lowest BCUT2D eigenvalue weighted by atomic mass is 10.1. The Bertz CT molecular complexity index is 289. The van der Waals surface area contributed by atoms with E-state index in [1.54, 1.807) is 25.6 Å². The summed E-state index contributed by atoms with van der Waals surface area (Å²) in [6.07, 6.45) is 0.597. The Labute approximate surface area is 107 Å². The molecule has 1 unspecified atom stereocenters. The van der Waals surface area contributed by atoms with Crippen LogP contribution in [0.15, 0.2) is 17.5 Å². The van der Waals surface area contributed by atoms with E-state index in [0.29, 0.717) is 6.54 Å². The highest BCUT2D eigenvalue weighted by Gasteiger charge is 2.19. The molecular formula is C12H22N2O2S. The van der Waals surface area contributed by atoms with Gasteiger partial charge in [-0.2, -0.15) is 0 Å². The Morgan fingerprint density at radius 3 is 2.59 bits per heavy atom. The summed E-state index contributed by atoms with van der Waals surface area (Å²) in [7, 11) is 5.39. The second kappa shape index (κ2) is 7.79. The van der Waals surface area contributed by atoms with Crippen LogP contribution in [0.25, 0.3) is 0 Å². The maximum Gasteiger partial charge on any atom is 0.158 e. The van der Waals surface area contributed by atoms with Crippen LogP contribution in [0.3, 0.4) is 0 Å². The van der Waals surface area contributed by atoms with Crippen molar-refractivity contribution < 1.29 is 9.47 Å². The average molecular weight is 258 g/mol. The minimum absolute atomic E-state index is 0.186. The van der Waals surface area contributed by atoms with Crippen LogP contribution >= 0.6 is 11.3 Å². The summed E-state index contributed by atoms with van der Waals surface area (Å²) in [4.78, 5) is 3.59. The van der Waals surface area contributed by atoms with Gasteiger partial charge in [-0.1, -0.05) is 6.07 Å². The Balaban J connectivity index is 2.48. The van der Waals surface area contributed by atoms with Crippen LogP contribution in [0.4, 0.5) is 0 Å². The van der Waals surface area contributed by atoms with E-state index in [1.807, 2.05) is 0 Å². The van der Waals surface area contributed by atoms with Crippen molar-refractivity contribution in [1.82, 2.24) is 4.90 Å². The Kier molecular flexibility index (Phi) is 6.69. The van der Waals surface area contributed by atoms with E-state index in [9.17, 15) is 0 Å². The third-order valence-electron chi connectivity index (χ3n) is 2.87. The molecule has 0 saturated heterocycles. The molecule has 0 aliphatic carbocycles. The fourth-order valence-corrected chi connectivity index (χ4v) is 2.51. The van der Waals surface area contributed by atoms with Crippen molar-refractivity contribution in [3.8, 4) is 0 Å². The summed E-state index contributed by atoms with van der Waals surface area (Å²) < 4.78 is 10.4. The van der Waals surface area contributed by atoms with Crippen molar-refractivity contribution in [2.45, 2.75) is 25.3 Å². The van der Waals surface area contributed by atoms with Crippen molar-refractivity contribution in [3.63, 3.8) is 0 Å². The Morgan fingerprint density at radius 2 is 2.12 bits per heavy atom. The summed E-state index contributed by atoms with van der Waals surface area (Å²) in [5.41, 5.74) is 5.81. The molecule has 2 N–H and O–H groups in total. The molecule has 0 saturated carbocycles. The number of hydrogen-bond donors (Lipinski definition) is 1. The molecule has 1 aromatic heterocycles. The van der Waals surface area contributed by atoms with Gasteiger partial charge in [0.2, 0.25) is 0 Å². The second-order valence-electron chi connectivity index (χ2n) is 4.02. The molecule has 4 nitrogen and oxygen atoms in total. The van der Waals surface area contributed by atoms with Crippen molar-refractivity contribution in [2.75, 3.05) is 27.8 Å². The number of nitrogens with two attached hydrogens (primary N) is 1. The molecule has 1 aromatic rings. The molecule has 0 fully saturated rings. The van der Waals surface area contributed by atoms with Crippen LogP contribution in [0, 0.1) is 0 Å². The summed E-state index contributed by atoms with van der Waals surface area (Å²) in [5, 5.41) is 2.09. The van der Waals surface area contributed by atoms with Gasteiger partial charge in [-0.3, -0.25) is 4.90 Å². The topological polar surface area (TPSA) is 47.7 Å². The maximum absolute atomic E-state index is 5.81. The van der Waals surface area contributed by atoms with Gasteiger partial charge in [-0.05, 0) is 18.5 Å². The fourth-order valence-electron chi connectivity index (χ4n) is 1.74. The number of hydrogen-bond acceptors (Lipinski definition) is 5. The molecule has 0 radical (unpaired) electrons. The van der Waals surface area contributed by atoms with E-state index in [1.165, 1.54) is 4.88 Å². The van der Waals surface area contributed by atoms with Crippen LogP contribution < -0.4 is 5.73 Å². The van der Waals surface area contributed by atoms with Gasteiger partial charge in [0, 0.05) is 44.6 Å². The molecular weight excluding hydrogens is 236 g/mol. The molecule has 98 valence electrons. The third kappa shape index (κ3) is 4.73. The van der Waals surface area contributed by atoms with Crippen molar-refractivity contribution in [3.05, 3.63) is 22.4 Å². The third-order valence-corrected chi connectivity index (χ3v) is 3.73. The van der Waals surface area contributed by atoms with Crippen LogP contribution in [0.2, 0.25) is 0 Å². The van der Waals surface area contributed by atoms with Crippen LogP contribution in [-0.2, 0) is 16.0 Å². The van der Waals surface area contributed by atoms with Gasteiger partial charge in [0.05, 0.1) is 0 Å². The van der Waals surface area contributed by atoms with Crippen molar-refractivity contribution >= 4 is 11.3 Å². The van der Waals surface area contributed by atoms with E-state index in [-0.39, 0.29) is 12.3 Å². The van der Waals surface area contributed by atoms with Gasteiger partial charge in [0.1, 0.15) is 0 Å². The highest BCUT2D eigenvalue weighted by molar-refractivity contribution is 7.09. The monoisotopic (exact) mass is 258 g/mol. The predicted octanol–water partition coefficient (Wildman–Crippen LogP) is 1.52. The predicted molar refractivity (Wildman–Crippen MR) is 71.1 cm³/mol. The molecule has 1 rings (SSSR count). The van der Waals surface area contributed by atoms with E-state index in [0.717, 1.165) is 13.0 Å². The summed E-state index contributed by atoms with van der Waals surface area (Å²) in [5.74, 6) is 0. The zero-order chi connectivity index (χ0) is 12.7. The first-order valence-corrected chi connectivity index (χ1v) is 6.57. The van der Waals surface area contributed by atoms with Gasteiger partial charge in [-0.25, -0.2) is 0 Å². The van der Waals surface area contributed by atoms with E-state index >= 15 is 0 Å². The summed E-state index contributed by atoms with van der Waals surface area (Å²) in [6, 6.07) is 4.47. The van der Waals surface area contributed by atoms with E-state index < -0.39 is 0 Å². The quantitative estimate of drug-likeness (QED) is 0.718.